The van der Waals surface area contributed by atoms with Gasteiger partial charge in [0.1, 0.15) is 0 Å². The van der Waals surface area contributed by atoms with E-state index in [-0.39, 0.29) is 11.9 Å². The van der Waals surface area contributed by atoms with Crippen LogP contribution in [-0.4, -0.2) is 27.8 Å². The van der Waals surface area contributed by atoms with Gasteiger partial charge in [-0.05, 0) is 33.2 Å². The van der Waals surface area contributed by atoms with Crippen LogP contribution < -0.4 is 11.1 Å². The van der Waals surface area contributed by atoms with Crippen molar-refractivity contribution in [3.63, 3.8) is 0 Å². The highest BCUT2D eigenvalue weighted by molar-refractivity contribution is 6.30. The van der Waals surface area contributed by atoms with E-state index in [0.29, 0.717) is 11.4 Å². The third-order valence-corrected chi connectivity index (χ3v) is 3.23. The van der Waals surface area contributed by atoms with Crippen molar-refractivity contribution in [1.82, 2.24) is 15.1 Å². The lowest BCUT2D eigenvalue weighted by molar-refractivity contribution is -0.124. The normalized spacial score (nSPS) is 16.2. The van der Waals surface area contributed by atoms with Crippen molar-refractivity contribution in [1.29, 1.82) is 0 Å². The van der Waals surface area contributed by atoms with Gasteiger partial charge in [-0.2, -0.15) is 5.10 Å². The van der Waals surface area contributed by atoms with Crippen LogP contribution in [0, 0.1) is 0 Å². The molecule has 1 heterocycles. The highest BCUT2D eigenvalue weighted by Crippen LogP contribution is 2.21. The summed E-state index contributed by atoms with van der Waals surface area (Å²) in [7, 11) is 0. The van der Waals surface area contributed by atoms with Crippen LogP contribution in [0.15, 0.2) is 12.4 Å². The largest absolute Gasteiger partial charge is 0.368 e. The molecule has 1 amide bonds. The van der Waals surface area contributed by atoms with E-state index in [1.807, 2.05) is 20.8 Å². The molecule has 0 spiro atoms. The van der Waals surface area contributed by atoms with Crippen LogP contribution in [0.1, 0.15) is 39.7 Å². The van der Waals surface area contributed by atoms with Crippen molar-refractivity contribution >= 4 is 17.5 Å². The molecule has 2 unspecified atom stereocenters. The fourth-order valence-corrected chi connectivity index (χ4v) is 2.04. The highest BCUT2D eigenvalue weighted by atomic mass is 35.5. The topological polar surface area (TPSA) is 72.9 Å². The number of halogens is 1. The lowest BCUT2D eigenvalue weighted by atomic mass is 9.92. The Labute approximate surface area is 113 Å². The van der Waals surface area contributed by atoms with Crippen LogP contribution in [0.25, 0.3) is 0 Å². The molecule has 18 heavy (non-hydrogen) atoms. The molecule has 0 fully saturated rings. The fraction of sp³-hybridized carbons (Fsp3) is 0.667. The van der Waals surface area contributed by atoms with Gasteiger partial charge in [-0.3, -0.25) is 9.48 Å². The summed E-state index contributed by atoms with van der Waals surface area (Å²) < 4.78 is 1.75. The van der Waals surface area contributed by atoms with E-state index in [2.05, 4.69) is 10.4 Å². The summed E-state index contributed by atoms with van der Waals surface area (Å²) in [5.41, 5.74) is 4.76. The van der Waals surface area contributed by atoms with Crippen LogP contribution in [0.4, 0.5) is 0 Å². The van der Waals surface area contributed by atoms with Crippen molar-refractivity contribution in [2.75, 3.05) is 6.54 Å². The van der Waals surface area contributed by atoms with Gasteiger partial charge in [-0.15, -0.1) is 0 Å². The molecule has 1 rings (SSSR count). The molecule has 3 N–H and O–H groups in total. The standard InChI is InChI=1S/C12H21ClN4O/c1-4-5-15-12(3,11(14)18)6-9(2)17-8-10(13)7-16-17/h7-9,15H,4-6H2,1-3H3,(H2,14,18). The third kappa shape index (κ3) is 3.71. The number of carbonyl (C=O) groups is 1. The Kier molecular flexibility index (Phi) is 5.16. The van der Waals surface area contributed by atoms with E-state index in [9.17, 15) is 4.79 Å². The fourth-order valence-electron chi connectivity index (χ4n) is 1.90. The number of rotatable bonds is 7. The van der Waals surface area contributed by atoms with Gasteiger partial charge in [0.05, 0.1) is 22.8 Å². The predicted octanol–water partition coefficient (Wildman–Crippen LogP) is 1.73. The van der Waals surface area contributed by atoms with Crippen LogP contribution in [0.3, 0.4) is 0 Å². The van der Waals surface area contributed by atoms with Gasteiger partial charge in [0, 0.05) is 6.20 Å². The molecule has 102 valence electrons. The van der Waals surface area contributed by atoms with Gasteiger partial charge in [-0.25, -0.2) is 0 Å². The first-order valence-corrected chi connectivity index (χ1v) is 6.51. The van der Waals surface area contributed by atoms with Gasteiger partial charge in [-0.1, -0.05) is 18.5 Å². The van der Waals surface area contributed by atoms with Crippen molar-refractivity contribution in [3.8, 4) is 0 Å². The number of nitrogens with zero attached hydrogens (tertiary/aromatic N) is 2. The quantitative estimate of drug-likeness (QED) is 0.794. The molecule has 0 aliphatic carbocycles. The van der Waals surface area contributed by atoms with Gasteiger partial charge >= 0.3 is 0 Å². The Balaban J connectivity index is 2.74. The van der Waals surface area contributed by atoms with E-state index >= 15 is 0 Å². The number of hydrogen-bond acceptors (Lipinski definition) is 3. The molecule has 1 aromatic rings. The van der Waals surface area contributed by atoms with Gasteiger partial charge in [0.25, 0.3) is 0 Å². The third-order valence-electron chi connectivity index (χ3n) is 3.03. The molecular formula is C12H21ClN4O. The van der Waals surface area contributed by atoms with Crippen LogP contribution in [-0.2, 0) is 4.79 Å². The predicted molar refractivity (Wildman–Crippen MR) is 72.5 cm³/mol. The molecule has 0 aliphatic rings. The Bertz CT molecular complexity index is 407. The van der Waals surface area contributed by atoms with Crippen LogP contribution >= 0.6 is 11.6 Å². The van der Waals surface area contributed by atoms with Gasteiger partial charge in [0.15, 0.2) is 0 Å². The summed E-state index contributed by atoms with van der Waals surface area (Å²) in [6.45, 7) is 6.61. The summed E-state index contributed by atoms with van der Waals surface area (Å²) in [4.78, 5) is 11.6. The van der Waals surface area contributed by atoms with Crippen molar-refractivity contribution in [2.24, 2.45) is 5.73 Å². The molecule has 0 saturated carbocycles. The second kappa shape index (κ2) is 6.20. The summed E-state index contributed by atoms with van der Waals surface area (Å²) in [5.74, 6) is -0.346. The SMILES string of the molecule is CCCNC(C)(CC(C)n1cc(Cl)cn1)C(N)=O. The minimum absolute atomic E-state index is 0.0411. The van der Waals surface area contributed by atoms with E-state index in [0.717, 1.165) is 13.0 Å². The first kappa shape index (κ1) is 15.0. The molecular weight excluding hydrogens is 252 g/mol. The molecule has 0 radical (unpaired) electrons. The molecule has 0 aliphatic heterocycles. The number of hydrogen-bond donors (Lipinski definition) is 2. The maximum absolute atomic E-state index is 11.6. The first-order valence-electron chi connectivity index (χ1n) is 6.13. The monoisotopic (exact) mass is 272 g/mol. The number of nitrogens with two attached hydrogens (primary N) is 1. The zero-order valence-electron chi connectivity index (χ0n) is 11.1. The van der Waals surface area contributed by atoms with Crippen molar-refractivity contribution in [2.45, 2.75) is 45.2 Å². The van der Waals surface area contributed by atoms with E-state index < -0.39 is 5.54 Å². The number of amides is 1. The van der Waals surface area contributed by atoms with Gasteiger partial charge < -0.3 is 11.1 Å². The Morgan fingerprint density at radius 2 is 2.39 bits per heavy atom. The average molecular weight is 273 g/mol. The number of nitrogens with one attached hydrogen (secondary N) is 1. The summed E-state index contributed by atoms with van der Waals surface area (Å²) >= 11 is 5.83. The van der Waals surface area contributed by atoms with Crippen LogP contribution in [0.2, 0.25) is 5.02 Å². The molecule has 6 heteroatoms. The smallest absolute Gasteiger partial charge is 0.237 e. The maximum atomic E-state index is 11.6. The zero-order valence-corrected chi connectivity index (χ0v) is 11.9. The second-order valence-electron chi connectivity index (χ2n) is 4.81. The summed E-state index contributed by atoms with van der Waals surface area (Å²) in [6.07, 6.45) is 4.85. The Morgan fingerprint density at radius 1 is 1.72 bits per heavy atom. The lowest BCUT2D eigenvalue weighted by Crippen LogP contribution is -2.54. The summed E-state index contributed by atoms with van der Waals surface area (Å²) in [5, 5.41) is 7.94. The molecule has 0 bridgehead atoms. The minimum Gasteiger partial charge on any atom is -0.368 e. The highest BCUT2D eigenvalue weighted by Gasteiger charge is 2.32. The van der Waals surface area contributed by atoms with Gasteiger partial charge in [0.2, 0.25) is 5.91 Å². The van der Waals surface area contributed by atoms with E-state index in [4.69, 9.17) is 17.3 Å². The number of carbonyl (C=O) groups excluding carboxylic acids is 1. The molecule has 1 aromatic heterocycles. The molecule has 2 atom stereocenters. The molecule has 0 aromatic carbocycles. The number of aromatic nitrogens is 2. The average Bonchev–Trinajstić information content (AvgIpc) is 2.73. The number of primary amides is 1. The summed E-state index contributed by atoms with van der Waals surface area (Å²) in [6, 6.07) is 0.0411. The van der Waals surface area contributed by atoms with Crippen molar-refractivity contribution < 1.29 is 4.79 Å². The van der Waals surface area contributed by atoms with E-state index in [1.54, 1.807) is 17.1 Å². The maximum Gasteiger partial charge on any atom is 0.237 e. The second-order valence-corrected chi connectivity index (χ2v) is 5.25. The van der Waals surface area contributed by atoms with Crippen molar-refractivity contribution in [3.05, 3.63) is 17.4 Å². The molecule has 0 saturated heterocycles. The van der Waals surface area contributed by atoms with E-state index in [1.165, 1.54) is 0 Å². The minimum atomic E-state index is -0.728. The lowest BCUT2D eigenvalue weighted by Gasteiger charge is -2.30. The Hall–Kier alpha value is -1.07. The zero-order chi connectivity index (χ0) is 13.8. The Morgan fingerprint density at radius 3 is 2.83 bits per heavy atom. The first-order chi connectivity index (χ1) is 8.39. The van der Waals surface area contributed by atoms with Crippen LogP contribution in [0.5, 0.6) is 0 Å². The molecule has 5 nitrogen and oxygen atoms in total.